The first kappa shape index (κ1) is 17.8. The molecule has 0 aromatic heterocycles. The first-order valence-electron chi connectivity index (χ1n) is 7.30. The molecule has 1 aromatic carbocycles. The molecule has 0 aliphatic carbocycles. The average molecular weight is 306 g/mol. The maximum Gasteiger partial charge on any atom is 0.170 e. The molecule has 0 heterocycles. The average Bonchev–Trinajstić information content (AvgIpc) is 2.38. The Morgan fingerprint density at radius 3 is 1.41 bits per heavy atom. The first-order chi connectivity index (χ1) is 10.3. The zero-order chi connectivity index (χ0) is 17.0. The topological polar surface area (TPSA) is 94.8 Å². The van der Waals surface area contributed by atoms with E-state index in [1.165, 1.54) is 6.92 Å². The van der Waals surface area contributed by atoms with Gasteiger partial charge in [-0.1, -0.05) is 20.4 Å². The van der Waals surface area contributed by atoms with Crippen LogP contribution in [0, 0.1) is 0 Å². The second-order valence-corrected chi connectivity index (χ2v) is 5.30. The van der Waals surface area contributed by atoms with Crippen LogP contribution >= 0.6 is 0 Å². The lowest BCUT2D eigenvalue weighted by atomic mass is 9.91. The summed E-state index contributed by atoms with van der Waals surface area (Å²) in [4.78, 5) is 24.3. The van der Waals surface area contributed by atoms with E-state index in [9.17, 15) is 24.9 Å². The van der Waals surface area contributed by atoms with Crippen LogP contribution < -0.4 is 0 Å². The van der Waals surface area contributed by atoms with Gasteiger partial charge in [-0.15, -0.1) is 0 Å². The number of carbonyl (C=O) groups is 2. The van der Waals surface area contributed by atoms with E-state index in [0.717, 1.165) is 0 Å². The molecule has 0 saturated heterocycles. The molecule has 0 aliphatic heterocycles. The van der Waals surface area contributed by atoms with Crippen LogP contribution in [0.5, 0.6) is 17.2 Å². The van der Waals surface area contributed by atoms with Crippen LogP contribution in [0.3, 0.4) is 0 Å². The number of allylic oxidation sites excluding steroid dienone is 1. The Hall–Kier alpha value is -2.30. The molecule has 0 atom stereocenters. The first-order valence-corrected chi connectivity index (χ1v) is 7.30. The maximum atomic E-state index is 12.2. The molecule has 5 nitrogen and oxygen atoms in total. The van der Waals surface area contributed by atoms with Gasteiger partial charge in [0.2, 0.25) is 0 Å². The number of aromatic hydroxyl groups is 3. The fourth-order valence-corrected chi connectivity index (χ4v) is 2.35. The van der Waals surface area contributed by atoms with Crippen molar-refractivity contribution in [2.24, 2.45) is 0 Å². The summed E-state index contributed by atoms with van der Waals surface area (Å²) >= 11 is 0. The maximum absolute atomic E-state index is 12.2. The third kappa shape index (κ3) is 3.13. The van der Waals surface area contributed by atoms with Gasteiger partial charge in [0, 0.05) is 12.8 Å². The highest BCUT2D eigenvalue weighted by Gasteiger charge is 2.30. The van der Waals surface area contributed by atoms with Crippen molar-refractivity contribution in [3.63, 3.8) is 0 Å². The number of rotatable bonds is 7. The third-order valence-corrected chi connectivity index (χ3v) is 3.36. The number of ketones is 2. The van der Waals surface area contributed by atoms with Gasteiger partial charge in [-0.3, -0.25) is 9.59 Å². The van der Waals surface area contributed by atoms with Crippen molar-refractivity contribution in [1.29, 1.82) is 0 Å². The lowest BCUT2D eigenvalue weighted by Gasteiger charge is -2.17. The van der Waals surface area contributed by atoms with Crippen molar-refractivity contribution in [2.45, 2.75) is 46.5 Å². The van der Waals surface area contributed by atoms with E-state index in [1.54, 1.807) is 13.8 Å². The predicted molar refractivity (Wildman–Crippen MR) is 84.6 cm³/mol. The normalized spacial score (nSPS) is 10.5. The van der Waals surface area contributed by atoms with Crippen molar-refractivity contribution in [1.82, 2.24) is 0 Å². The molecule has 0 saturated carbocycles. The van der Waals surface area contributed by atoms with Crippen molar-refractivity contribution in [2.75, 3.05) is 0 Å². The summed E-state index contributed by atoms with van der Waals surface area (Å²) in [6, 6.07) is 0. The van der Waals surface area contributed by atoms with Crippen LogP contribution in [0.4, 0.5) is 0 Å². The lowest BCUT2D eigenvalue weighted by Crippen LogP contribution is -2.08. The lowest BCUT2D eigenvalue weighted by molar-refractivity contribution is 0.0974. The van der Waals surface area contributed by atoms with E-state index in [2.05, 4.69) is 6.58 Å². The van der Waals surface area contributed by atoms with Gasteiger partial charge < -0.3 is 15.3 Å². The minimum absolute atomic E-state index is 0.0725. The number of Topliss-reactive ketones (excluding diaryl/α,β-unsaturated/α-hetero) is 2. The van der Waals surface area contributed by atoms with Gasteiger partial charge in [0.1, 0.15) is 28.4 Å². The summed E-state index contributed by atoms with van der Waals surface area (Å²) in [6.07, 6.45) is 1.28. The number of carbonyl (C=O) groups excluding carboxylic acids is 2. The van der Waals surface area contributed by atoms with Crippen molar-refractivity contribution in [3.8, 4) is 17.2 Å². The molecule has 0 spiro atoms. The Labute approximate surface area is 129 Å². The number of phenolic OH excluding ortho intramolecular Hbond substituents is 3. The molecule has 3 N–H and O–H groups in total. The molecular weight excluding hydrogens is 284 g/mol. The van der Waals surface area contributed by atoms with E-state index in [4.69, 9.17) is 0 Å². The van der Waals surface area contributed by atoms with Gasteiger partial charge in [-0.05, 0) is 25.3 Å². The molecule has 0 fully saturated rings. The van der Waals surface area contributed by atoms with E-state index in [1.807, 2.05) is 0 Å². The third-order valence-electron chi connectivity index (χ3n) is 3.36. The predicted octanol–water partition coefficient (Wildman–Crippen LogP) is 3.80. The van der Waals surface area contributed by atoms with Gasteiger partial charge >= 0.3 is 0 Å². The molecule has 22 heavy (non-hydrogen) atoms. The van der Waals surface area contributed by atoms with Crippen molar-refractivity contribution in [3.05, 3.63) is 23.3 Å². The van der Waals surface area contributed by atoms with Crippen LogP contribution in [-0.2, 0) is 0 Å². The molecule has 0 radical (unpaired) electrons. The van der Waals surface area contributed by atoms with E-state index in [-0.39, 0.29) is 29.5 Å². The van der Waals surface area contributed by atoms with Crippen LogP contribution in [0.25, 0.3) is 5.57 Å². The fourth-order valence-electron chi connectivity index (χ4n) is 2.35. The quantitative estimate of drug-likeness (QED) is 0.666. The standard InChI is InChI=1S/C17H22O5/c1-5-7-10(18)13-15(20)12(9(3)4)16(21)14(17(13)22)11(19)8-6-2/h20-22H,3,5-8H2,1-2,4H3. The van der Waals surface area contributed by atoms with Crippen molar-refractivity contribution < 1.29 is 24.9 Å². The highest BCUT2D eigenvalue weighted by atomic mass is 16.3. The molecule has 5 heteroatoms. The smallest absolute Gasteiger partial charge is 0.170 e. The van der Waals surface area contributed by atoms with Crippen LogP contribution in [-0.4, -0.2) is 26.9 Å². The largest absolute Gasteiger partial charge is 0.506 e. The number of phenols is 3. The monoisotopic (exact) mass is 306 g/mol. The summed E-state index contributed by atoms with van der Waals surface area (Å²) < 4.78 is 0. The Morgan fingerprint density at radius 2 is 1.14 bits per heavy atom. The molecule has 0 amide bonds. The Balaban J connectivity index is 3.75. The number of hydrogen-bond acceptors (Lipinski definition) is 5. The van der Waals surface area contributed by atoms with Gasteiger partial charge in [-0.2, -0.15) is 0 Å². The molecule has 120 valence electrons. The second-order valence-electron chi connectivity index (χ2n) is 5.30. The Morgan fingerprint density at radius 1 is 0.818 bits per heavy atom. The highest BCUT2D eigenvalue weighted by Crippen LogP contribution is 2.45. The summed E-state index contributed by atoms with van der Waals surface area (Å²) in [5, 5.41) is 30.7. The number of benzene rings is 1. The van der Waals surface area contributed by atoms with E-state index < -0.39 is 28.8 Å². The molecule has 0 bridgehead atoms. The summed E-state index contributed by atoms with van der Waals surface area (Å²) in [6.45, 7) is 8.75. The van der Waals surface area contributed by atoms with Gasteiger partial charge in [0.05, 0.1) is 5.56 Å². The molecule has 0 aliphatic rings. The SMILES string of the molecule is C=C(C)c1c(O)c(C(=O)CCC)c(O)c(C(=O)CCC)c1O. The van der Waals surface area contributed by atoms with Gasteiger partial charge in [0.25, 0.3) is 0 Å². The molecule has 1 rings (SSSR count). The molecule has 1 aromatic rings. The number of hydrogen-bond donors (Lipinski definition) is 3. The molecule has 0 unspecified atom stereocenters. The van der Waals surface area contributed by atoms with Crippen LogP contribution in [0.2, 0.25) is 0 Å². The zero-order valence-electron chi connectivity index (χ0n) is 13.2. The van der Waals surface area contributed by atoms with Crippen LogP contribution in [0.1, 0.15) is 72.7 Å². The van der Waals surface area contributed by atoms with E-state index >= 15 is 0 Å². The van der Waals surface area contributed by atoms with Crippen LogP contribution in [0.15, 0.2) is 6.58 Å². The highest BCUT2D eigenvalue weighted by molar-refractivity contribution is 6.10. The summed E-state index contributed by atoms with van der Waals surface area (Å²) in [5.41, 5.74) is -0.419. The van der Waals surface area contributed by atoms with E-state index in [0.29, 0.717) is 18.4 Å². The second kappa shape index (κ2) is 7.11. The van der Waals surface area contributed by atoms with Crippen molar-refractivity contribution >= 4 is 17.1 Å². The van der Waals surface area contributed by atoms with Gasteiger partial charge in [0.15, 0.2) is 11.6 Å². The Kier molecular flexibility index (Phi) is 5.74. The molecular formula is C17H22O5. The fraction of sp³-hybridized carbons (Fsp3) is 0.412. The minimum atomic E-state index is -0.656. The van der Waals surface area contributed by atoms with Gasteiger partial charge in [-0.25, -0.2) is 0 Å². The minimum Gasteiger partial charge on any atom is -0.506 e. The zero-order valence-corrected chi connectivity index (χ0v) is 13.2. The Bertz CT molecular complexity index is 583. The summed E-state index contributed by atoms with van der Waals surface area (Å²) in [7, 11) is 0. The summed E-state index contributed by atoms with van der Waals surface area (Å²) in [5.74, 6) is -2.68.